The molecule has 0 spiro atoms. The second-order valence-electron chi connectivity index (χ2n) is 6.76. The number of fused-ring (bicyclic) bond motifs is 2. The highest BCUT2D eigenvalue weighted by atomic mass is 16.5. The van der Waals surface area contributed by atoms with E-state index in [1.165, 1.54) is 13.2 Å². The summed E-state index contributed by atoms with van der Waals surface area (Å²) in [5.74, 6) is -0.0279. The number of carbonyl (C=O) groups excluding carboxylic acids is 2. The van der Waals surface area contributed by atoms with Gasteiger partial charge in [0.25, 0.3) is 5.91 Å². The number of hydrogen-bond donors (Lipinski definition) is 1. The van der Waals surface area contributed by atoms with Crippen LogP contribution in [0.25, 0.3) is 11.0 Å². The minimum Gasteiger partial charge on any atom is -0.493 e. The third-order valence-corrected chi connectivity index (χ3v) is 5.04. The van der Waals surface area contributed by atoms with Gasteiger partial charge in [-0.15, -0.1) is 0 Å². The van der Waals surface area contributed by atoms with Gasteiger partial charge in [-0.1, -0.05) is 12.1 Å². The number of benzene rings is 2. The summed E-state index contributed by atoms with van der Waals surface area (Å²) in [4.78, 5) is 38.8. The Kier molecular flexibility index (Phi) is 4.80. The number of carbonyl (C=O) groups is 2. The maximum Gasteiger partial charge on any atom is 0.349 e. The molecule has 3 aromatic rings. The van der Waals surface area contributed by atoms with Gasteiger partial charge in [0, 0.05) is 29.7 Å². The van der Waals surface area contributed by atoms with Crippen molar-refractivity contribution < 1.29 is 18.7 Å². The van der Waals surface area contributed by atoms with Gasteiger partial charge in [0.2, 0.25) is 5.91 Å². The number of ether oxygens (including phenoxy) is 1. The van der Waals surface area contributed by atoms with Crippen molar-refractivity contribution in [3.8, 4) is 5.75 Å². The van der Waals surface area contributed by atoms with E-state index in [1.807, 2.05) is 19.1 Å². The Morgan fingerprint density at radius 3 is 2.76 bits per heavy atom. The van der Waals surface area contributed by atoms with E-state index >= 15 is 0 Å². The van der Waals surface area contributed by atoms with Crippen LogP contribution in [0.3, 0.4) is 0 Å². The molecule has 1 aliphatic rings. The quantitative estimate of drug-likeness (QED) is 0.688. The first-order valence-electron chi connectivity index (χ1n) is 9.37. The molecule has 2 aromatic carbocycles. The van der Waals surface area contributed by atoms with Crippen LogP contribution in [0.4, 0.5) is 11.4 Å². The minimum absolute atomic E-state index is 0.0890. The van der Waals surface area contributed by atoms with Crippen LogP contribution in [0.1, 0.15) is 29.3 Å². The molecule has 0 aliphatic carbocycles. The lowest BCUT2D eigenvalue weighted by atomic mass is 10.0. The smallest absolute Gasteiger partial charge is 0.349 e. The molecule has 1 aromatic heterocycles. The van der Waals surface area contributed by atoms with Crippen molar-refractivity contribution in [2.45, 2.75) is 19.8 Å². The Bertz CT molecular complexity index is 1180. The standard InChI is InChI=1S/C22H20N2O5/c1-3-24-17-9-8-15(11-13(17)7-10-19(24)25)23-21(26)16-12-14-5-4-6-18(28-2)20(14)29-22(16)27/h4-6,8-9,11-12H,3,7,10H2,1-2H3,(H,23,26). The molecule has 0 atom stereocenters. The highest BCUT2D eigenvalue weighted by Gasteiger charge is 2.23. The summed E-state index contributed by atoms with van der Waals surface area (Å²) in [6, 6.07) is 12.1. The number of anilines is 2. The normalized spacial score (nSPS) is 13.3. The number of amides is 2. The Hall–Kier alpha value is -3.61. The van der Waals surface area contributed by atoms with Gasteiger partial charge in [-0.2, -0.15) is 0 Å². The summed E-state index contributed by atoms with van der Waals surface area (Å²) in [6.07, 6.45) is 1.06. The van der Waals surface area contributed by atoms with E-state index in [9.17, 15) is 14.4 Å². The first-order chi connectivity index (χ1) is 14.0. The first-order valence-corrected chi connectivity index (χ1v) is 9.37. The lowest BCUT2D eigenvalue weighted by molar-refractivity contribution is -0.118. The lowest BCUT2D eigenvalue weighted by Gasteiger charge is -2.28. The molecule has 2 amide bonds. The molecule has 0 radical (unpaired) electrons. The number of para-hydroxylation sites is 1. The van der Waals surface area contributed by atoms with Crippen LogP contribution in [0, 0.1) is 0 Å². The Labute approximate surface area is 166 Å². The van der Waals surface area contributed by atoms with Crippen LogP contribution in [-0.4, -0.2) is 25.5 Å². The molecule has 7 heteroatoms. The van der Waals surface area contributed by atoms with E-state index in [2.05, 4.69) is 5.32 Å². The molecule has 4 rings (SSSR count). The summed E-state index contributed by atoms with van der Waals surface area (Å²) in [7, 11) is 1.48. The zero-order valence-electron chi connectivity index (χ0n) is 16.2. The SMILES string of the molecule is CCN1C(=O)CCc2cc(NC(=O)c3cc4cccc(OC)c4oc3=O)ccc21. The van der Waals surface area contributed by atoms with E-state index < -0.39 is 11.5 Å². The first kappa shape index (κ1) is 18.7. The van der Waals surface area contributed by atoms with Gasteiger partial charge < -0.3 is 19.4 Å². The molecule has 148 valence electrons. The monoisotopic (exact) mass is 392 g/mol. The molecular formula is C22H20N2O5. The van der Waals surface area contributed by atoms with Crippen LogP contribution < -0.4 is 20.6 Å². The van der Waals surface area contributed by atoms with E-state index in [0.29, 0.717) is 41.8 Å². The highest BCUT2D eigenvalue weighted by molar-refractivity contribution is 6.06. The van der Waals surface area contributed by atoms with Crippen molar-refractivity contribution in [3.05, 3.63) is 64.0 Å². The predicted octanol–water partition coefficient (Wildman–Crippen LogP) is 3.35. The maximum atomic E-state index is 12.7. The Morgan fingerprint density at radius 2 is 2.00 bits per heavy atom. The Morgan fingerprint density at radius 1 is 1.17 bits per heavy atom. The van der Waals surface area contributed by atoms with Gasteiger partial charge in [0.1, 0.15) is 5.56 Å². The Balaban J connectivity index is 1.64. The summed E-state index contributed by atoms with van der Waals surface area (Å²) in [6.45, 7) is 2.52. The van der Waals surface area contributed by atoms with E-state index in [0.717, 1.165) is 11.3 Å². The number of nitrogens with one attached hydrogen (secondary N) is 1. The van der Waals surface area contributed by atoms with Crippen molar-refractivity contribution in [3.63, 3.8) is 0 Å². The molecule has 0 bridgehead atoms. The van der Waals surface area contributed by atoms with Crippen LogP contribution in [-0.2, 0) is 11.2 Å². The third-order valence-electron chi connectivity index (χ3n) is 5.04. The number of methoxy groups -OCH3 is 1. The number of hydrogen-bond acceptors (Lipinski definition) is 5. The molecule has 29 heavy (non-hydrogen) atoms. The second-order valence-corrected chi connectivity index (χ2v) is 6.76. The molecule has 1 N–H and O–H groups in total. The average molecular weight is 392 g/mol. The fourth-order valence-electron chi connectivity index (χ4n) is 3.62. The molecule has 7 nitrogen and oxygen atoms in total. The van der Waals surface area contributed by atoms with E-state index in [4.69, 9.17) is 9.15 Å². The summed E-state index contributed by atoms with van der Waals surface area (Å²) in [5.41, 5.74) is 1.88. The van der Waals surface area contributed by atoms with E-state index in [-0.39, 0.29) is 11.5 Å². The molecule has 0 unspecified atom stereocenters. The van der Waals surface area contributed by atoms with Gasteiger partial charge in [-0.25, -0.2) is 4.79 Å². The fraction of sp³-hybridized carbons (Fsp3) is 0.227. The van der Waals surface area contributed by atoms with Crippen molar-refractivity contribution in [1.29, 1.82) is 0 Å². The number of rotatable bonds is 4. The zero-order chi connectivity index (χ0) is 20.5. The van der Waals surface area contributed by atoms with Gasteiger partial charge in [-0.3, -0.25) is 9.59 Å². The maximum absolute atomic E-state index is 12.7. The molecule has 1 aliphatic heterocycles. The molecule has 0 fully saturated rings. The van der Waals surface area contributed by atoms with Gasteiger partial charge >= 0.3 is 5.63 Å². The highest BCUT2D eigenvalue weighted by Crippen LogP contribution is 2.30. The van der Waals surface area contributed by atoms with Crippen molar-refractivity contribution in [2.24, 2.45) is 0 Å². The van der Waals surface area contributed by atoms with Crippen molar-refractivity contribution in [1.82, 2.24) is 0 Å². The minimum atomic E-state index is -0.736. The van der Waals surface area contributed by atoms with Gasteiger partial charge in [0.15, 0.2) is 11.3 Å². The fourth-order valence-corrected chi connectivity index (χ4v) is 3.62. The predicted molar refractivity (Wildman–Crippen MR) is 110 cm³/mol. The molecule has 0 saturated carbocycles. The zero-order valence-corrected chi connectivity index (χ0v) is 16.2. The molecule has 0 saturated heterocycles. The van der Waals surface area contributed by atoms with E-state index in [1.54, 1.807) is 29.2 Å². The summed E-state index contributed by atoms with van der Waals surface area (Å²) < 4.78 is 10.5. The second kappa shape index (κ2) is 7.43. The number of aryl methyl sites for hydroxylation is 1. The molecule has 2 heterocycles. The van der Waals surface area contributed by atoms with Crippen molar-refractivity contribution >= 4 is 34.2 Å². The van der Waals surface area contributed by atoms with Crippen LogP contribution >= 0.6 is 0 Å². The van der Waals surface area contributed by atoms with Crippen LogP contribution in [0.2, 0.25) is 0 Å². The van der Waals surface area contributed by atoms with Crippen LogP contribution in [0.5, 0.6) is 5.75 Å². The molecular weight excluding hydrogens is 372 g/mol. The van der Waals surface area contributed by atoms with Gasteiger partial charge in [-0.05, 0) is 49.2 Å². The third kappa shape index (κ3) is 3.35. The summed E-state index contributed by atoms with van der Waals surface area (Å²) in [5, 5.41) is 3.35. The summed E-state index contributed by atoms with van der Waals surface area (Å²) >= 11 is 0. The van der Waals surface area contributed by atoms with Gasteiger partial charge in [0.05, 0.1) is 7.11 Å². The largest absolute Gasteiger partial charge is 0.493 e. The lowest BCUT2D eigenvalue weighted by Crippen LogP contribution is -2.34. The topological polar surface area (TPSA) is 88.8 Å². The van der Waals surface area contributed by atoms with Crippen molar-refractivity contribution in [2.75, 3.05) is 23.9 Å². The number of nitrogens with zero attached hydrogens (tertiary/aromatic N) is 1. The van der Waals surface area contributed by atoms with Crippen LogP contribution in [0.15, 0.2) is 51.7 Å². The average Bonchev–Trinajstić information content (AvgIpc) is 2.72.